The normalized spacial score (nSPS) is 10.4. The molecule has 88 valence electrons. The maximum absolute atomic E-state index is 10.5. The van der Waals surface area contributed by atoms with Crippen LogP contribution in [0.3, 0.4) is 0 Å². The average Bonchev–Trinajstić information content (AvgIpc) is 2.69. The van der Waals surface area contributed by atoms with Gasteiger partial charge in [-0.05, 0) is 12.1 Å². The lowest BCUT2D eigenvalue weighted by atomic mass is 10.2. The smallest absolute Gasteiger partial charge is 0.303 e. The van der Waals surface area contributed by atoms with Gasteiger partial charge in [-0.2, -0.15) is 0 Å². The van der Waals surface area contributed by atoms with Crippen molar-refractivity contribution in [3.63, 3.8) is 0 Å². The summed E-state index contributed by atoms with van der Waals surface area (Å²) in [5, 5.41) is 9.00. The van der Waals surface area contributed by atoms with Crippen molar-refractivity contribution in [3.8, 4) is 11.3 Å². The summed E-state index contributed by atoms with van der Waals surface area (Å²) in [4.78, 5) is 21.5. The molecule has 6 heteroatoms. The predicted molar refractivity (Wildman–Crippen MR) is 62.8 cm³/mol. The molecule has 0 aliphatic carbocycles. The highest BCUT2D eigenvalue weighted by molar-refractivity contribution is 6.31. The SMILES string of the molecule is O=C(O)CCc1nc(-c2ccncc2)c(Cl)[nH]1. The van der Waals surface area contributed by atoms with Crippen LogP contribution in [0.5, 0.6) is 0 Å². The van der Waals surface area contributed by atoms with Gasteiger partial charge in [0.25, 0.3) is 0 Å². The van der Waals surface area contributed by atoms with Crippen molar-refractivity contribution in [1.82, 2.24) is 15.0 Å². The number of hydrogen-bond donors (Lipinski definition) is 2. The number of halogens is 1. The van der Waals surface area contributed by atoms with Crippen molar-refractivity contribution in [1.29, 1.82) is 0 Å². The fourth-order valence-electron chi connectivity index (χ4n) is 1.44. The zero-order valence-corrected chi connectivity index (χ0v) is 9.61. The zero-order chi connectivity index (χ0) is 12.3. The molecule has 0 saturated heterocycles. The summed E-state index contributed by atoms with van der Waals surface area (Å²) in [5.74, 6) is -0.285. The summed E-state index contributed by atoms with van der Waals surface area (Å²) in [6, 6.07) is 3.59. The lowest BCUT2D eigenvalue weighted by Gasteiger charge is -1.94. The highest BCUT2D eigenvalue weighted by Crippen LogP contribution is 2.25. The molecule has 0 aliphatic rings. The number of aliphatic carboxylic acids is 1. The number of aromatic nitrogens is 3. The van der Waals surface area contributed by atoms with E-state index in [9.17, 15) is 4.79 Å². The molecule has 2 rings (SSSR count). The van der Waals surface area contributed by atoms with Gasteiger partial charge in [0.05, 0.1) is 6.42 Å². The Labute approximate surface area is 102 Å². The lowest BCUT2D eigenvalue weighted by Crippen LogP contribution is -1.98. The number of carboxylic acids is 1. The molecule has 0 bridgehead atoms. The molecule has 0 aliphatic heterocycles. The summed E-state index contributed by atoms with van der Waals surface area (Å²) in [5.41, 5.74) is 1.47. The highest BCUT2D eigenvalue weighted by Gasteiger charge is 2.11. The molecule has 2 heterocycles. The van der Waals surface area contributed by atoms with Gasteiger partial charge in [0.2, 0.25) is 0 Å². The van der Waals surface area contributed by atoms with E-state index in [1.807, 2.05) is 0 Å². The van der Waals surface area contributed by atoms with Gasteiger partial charge in [0.1, 0.15) is 16.7 Å². The van der Waals surface area contributed by atoms with Crippen molar-refractivity contribution >= 4 is 17.6 Å². The number of pyridine rings is 1. The topological polar surface area (TPSA) is 78.9 Å². The Morgan fingerprint density at radius 1 is 1.41 bits per heavy atom. The van der Waals surface area contributed by atoms with Gasteiger partial charge in [-0.1, -0.05) is 11.6 Å². The molecule has 0 unspecified atom stereocenters. The molecule has 17 heavy (non-hydrogen) atoms. The minimum Gasteiger partial charge on any atom is -0.481 e. The van der Waals surface area contributed by atoms with E-state index in [0.29, 0.717) is 23.1 Å². The number of rotatable bonds is 4. The van der Waals surface area contributed by atoms with Crippen LogP contribution < -0.4 is 0 Å². The second-order valence-electron chi connectivity index (χ2n) is 3.48. The maximum Gasteiger partial charge on any atom is 0.303 e. The summed E-state index contributed by atoms with van der Waals surface area (Å²) in [7, 11) is 0. The van der Waals surface area contributed by atoms with Crippen molar-refractivity contribution in [2.24, 2.45) is 0 Å². The van der Waals surface area contributed by atoms with Crippen molar-refractivity contribution in [3.05, 3.63) is 35.5 Å². The van der Waals surface area contributed by atoms with Crippen LogP contribution in [0.25, 0.3) is 11.3 Å². The van der Waals surface area contributed by atoms with Crippen LogP contribution in [0.4, 0.5) is 0 Å². The van der Waals surface area contributed by atoms with Gasteiger partial charge in [-0.3, -0.25) is 9.78 Å². The second-order valence-corrected chi connectivity index (χ2v) is 3.85. The summed E-state index contributed by atoms with van der Waals surface area (Å²) in [6.45, 7) is 0. The number of aromatic amines is 1. The Hall–Kier alpha value is -1.88. The highest BCUT2D eigenvalue weighted by atomic mass is 35.5. The molecule has 0 spiro atoms. The van der Waals surface area contributed by atoms with E-state index in [2.05, 4.69) is 15.0 Å². The van der Waals surface area contributed by atoms with Crippen LogP contribution in [0.2, 0.25) is 5.15 Å². The number of hydrogen-bond acceptors (Lipinski definition) is 3. The van der Waals surface area contributed by atoms with E-state index in [0.717, 1.165) is 5.56 Å². The van der Waals surface area contributed by atoms with Crippen LogP contribution >= 0.6 is 11.6 Å². The van der Waals surface area contributed by atoms with Crippen molar-refractivity contribution in [2.45, 2.75) is 12.8 Å². The van der Waals surface area contributed by atoms with E-state index in [1.54, 1.807) is 24.5 Å². The van der Waals surface area contributed by atoms with E-state index in [-0.39, 0.29) is 6.42 Å². The molecule has 2 aromatic heterocycles. The van der Waals surface area contributed by atoms with Crippen LogP contribution in [-0.4, -0.2) is 26.0 Å². The van der Waals surface area contributed by atoms with Crippen molar-refractivity contribution in [2.75, 3.05) is 0 Å². The van der Waals surface area contributed by atoms with E-state index in [4.69, 9.17) is 16.7 Å². The molecule has 0 saturated carbocycles. The molecular formula is C11H10ClN3O2. The number of aryl methyl sites for hydroxylation is 1. The first-order chi connectivity index (χ1) is 8.16. The molecule has 2 aromatic rings. The van der Waals surface area contributed by atoms with E-state index < -0.39 is 5.97 Å². The monoisotopic (exact) mass is 251 g/mol. The Kier molecular flexibility index (Phi) is 3.39. The molecular weight excluding hydrogens is 242 g/mol. The van der Waals surface area contributed by atoms with Gasteiger partial charge < -0.3 is 10.1 Å². The molecule has 0 radical (unpaired) electrons. The van der Waals surface area contributed by atoms with E-state index in [1.165, 1.54) is 0 Å². The van der Waals surface area contributed by atoms with Crippen molar-refractivity contribution < 1.29 is 9.90 Å². The van der Waals surface area contributed by atoms with Gasteiger partial charge in [-0.25, -0.2) is 4.98 Å². The van der Waals surface area contributed by atoms with Crippen LogP contribution in [0.1, 0.15) is 12.2 Å². The Morgan fingerprint density at radius 2 is 2.12 bits per heavy atom. The molecule has 0 aromatic carbocycles. The van der Waals surface area contributed by atoms with E-state index >= 15 is 0 Å². The zero-order valence-electron chi connectivity index (χ0n) is 8.85. The number of nitrogens with zero attached hydrogens (tertiary/aromatic N) is 2. The third-order valence-electron chi connectivity index (χ3n) is 2.24. The fourth-order valence-corrected chi connectivity index (χ4v) is 1.70. The quantitative estimate of drug-likeness (QED) is 0.873. The number of imidazole rings is 1. The molecule has 0 fully saturated rings. The van der Waals surface area contributed by atoms with Gasteiger partial charge in [-0.15, -0.1) is 0 Å². The molecule has 0 amide bonds. The third-order valence-corrected chi connectivity index (χ3v) is 2.51. The van der Waals surface area contributed by atoms with Crippen LogP contribution in [0.15, 0.2) is 24.5 Å². The third kappa shape index (κ3) is 2.82. The Balaban J connectivity index is 2.22. The molecule has 0 atom stereocenters. The molecule has 5 nitrogen and oxygen atoms in total. The Morgan fingerprint density at radius 3 is 2.76 bits per heavy atom. The second kappa shape index (κ2) is 4.97. The van der Waals surface area contributed by atoms with Gasteiger partial charge in [0, 0.05) is 24.4 Å². The number of H-pyrrole nitrogens is 1. The van der Waals surface area contributed by atoms with Gasteiger partial charge in [0.15, 0.2) is 0 Å². The van der Waals surface area contributed by atoms with Crippen LogP contribution in [-0.2, 0) is 11.2 Å². The summed E-state index contributed by atoms with van der Waals surface area (Å²) in [6.07, 6.45) is 3.66. The number of carbonyl (C=O) groups is 1. The minimum absolute atomic E-state index is 0.0274. The largest absolute Gasteiger partial charge is 0.481 e. The summed E-state index contributed by atoms with van der Waals surface area (Å²) < 4.78 is 0. The minimum atomic E-state index is -0.858. The standard InChI is InChI=1S/C11H10ClN3O2/c12-11-10(7-3-5-13-6-4-7)14-8(15-11)1-2-9(16)17/h3-6H,1-2H2,(H,14,15)(H,16,17). The first-order valence-corrected chi connectivity index (χ1v) is 5.41. The first kappa shape index (κ1) is 11.6. The number of carboxylic acid groups (broad SMARTS) is 1. The first-order valence-electron chi connectivity index (χ1n) is 5.03. The Bertz CT molecular complexity index is 525. The predicted octanol–water partition coefficient (Wildman–Crippen LogP) is 2.14. The summed E-state index contributed by atoms with van der Waals surface area (Å²) >= 11 is 6.01. The van der Waals surface area contributed by atoms with Crippen LogP contribution in [0, 0.1) is 0 Å². The van der Waals surface area contributed by atoms with Gasteiger partial charge >= 0.3 is 5.97 Å². The maximum atomic E-state index is 10.5. The molecule has 2 N–H and O–H groups in total. The average molecular weight is 252 g/mol. The lowest BCUT2D eigenvalue weighted by molar-refractivity contribution is -0.137. The number of nitrogens with one attached hydrogen (secondary N) is 1. The fraction of sp³-hybridized carbons (Fsp3) is 0.182.